The van der Waals surface area contributed by atoms with E-state index in [1.54, 1.807) is 13.8 Å². The molecule has 1 saturated carbocycles. The fraction of sp³-hybridized carbons (Fsp3) is 0.750. The van der Waals surface area contributed by atoms with Gasteiger partial charge in [0, 0.05) is 0 Å². The van der Waals surface area contributed by atoms with Crippen molar-refractivity contribution in [2.24, 2.45) is 23.7 Å². The molecule has 0 heterocycles. The Balaban J connectivity index is 3.04. The van der Waals surface area contributed by atoms with E-state index in [0.717, 1.165) is 18.4 Å². The Kier molecular flexibility index (Phi) is 6.24. The van der Waals surface area contributed by atoms with E-state index in [0.29, 0.717) is 0 Å². The predicted octanol–water partition coefficient (Wildman–Crippen LogP) is 2.97. The molecule has 0 aromatic carbocycles. The Labute approximate surface area is 121 Å². The van der Waals surface area contributed by atoms with Crippen molar-refractivity contribution in [1.82, 2.24) is 0 Å². The van der Waals surface area contributed by atoms with Gasteiger partial charge in [0.15, 0.2) is 5.92 Å². The number of hydrogen-bond acceptors (Lipinski definition) is 4. The first kappa shape index (κ1) is 16.7. The van der Waals surface area contributed by atoms with Gasteiger partial charge in [-0.3, -0.25) is 9.59 Å². The summed E-state index contributed by atoms with van der Waals surface area (Å²) in [5.41, 5.74) is 1.03. The highest BCUT2D eigenvalue weighted by Crippen LogP contribution is 2.45. The van der Waals surface area contributed by atoms with Gasteiger partial charge < -0.3 is 9.47 Å². The highest BCUT2D eigenvalue weighted by atomic mass is 16.6. The van der Waals surface area contributed by atoms with Crippen LogP contribution in [0.2, 0.25) is 0 Å². The van der Waals surface area contributed by atoms with E-state index in [1.807, 2.05) is 6.92 Å². The molecule has 4 heteroatoms. The summed E-state index contributed by atoms with van der Waals surface area (Å²) in [4.78, 5) is 24.4. The van der Waals surface area contributed by atoms with Crippen molar-refractivity contribution in [2.45, 2.75) is 40.5 Å². The van der Waals surface area contributed by atoms with E-state index in [9.17, 15) is 9.59 Å². The summed E-state index contributed by atoms with van der Waals surface area (Å²) in [7, 11) is 0. The lowest BCUT2D eigenvalue weighted by molar-refractivity contribution is -0.165. The SMILES string of the molecule is C=C(C)[C@@H]1CC[C@H](C)[C@H]1C(C(=O)OCC)C(=O)OCC. The first-order valence-corrected chi connectivity index (χ1v) is 7.42. The number of carbonyl (C=O) groups is 2. The van der Waals surface area contributed by atoms with Gasteiger partial charge in [0.25, 0.3) is 0 Å². The summed E-state index contributed by atoms with van der Waals surface area (Å²) in [6.07, 6.45) is 1.97. The molecule has 3 atom stereocenters. The minimum Gasteiger partial charge on any atom is -0.465 e. The molecule has 114 valence electrons. The molecule has 0 saturated heterocycles. The molecule has 0 radical (unpaired) electrons. The molecule has 0 spiro atoms. The maximum absolute atomic E-state index is 12.2. The van der Waals surface area contributed by atoms with Gasteiger partial charge in [-0.15, -0.1) is 0 Å². The summed E-state index contributed by atoms with van der Waals surface area (Å²) < 4.78 is 10.2. The van der Waals surface area contributed by atoms with Crippen molar-refractivity contribution >= 4 is 11.9 Å². The number of carbonyl (C=O) groups excluding carboxylic acids is 2. The molecule has 0 N–H and O–H groups in total. The third-order valence-corrected chi connectivity index (χ3v) is 4.15. The monoisotopic (exact) mass is 282 g/mol. The average molecular weight is 282 g/mol. The fourth-order valence-corrected chi connectivity index (χ4v) is 3.23. The summed E-state index contributed by atoms with van der Waals surface area (Å²) in [5, 5.41) is 0. The highest BCUT2D eigenvalue weighted by molar-refractivity contribution is 5.95. The van der Waals surface area contributed by atoms with Crippen LogP contribution < -0.4 is 0 Å². The smallest absolute Gasteiger partial charge is 0.320 e. The van der Waals surface area contributed by atoms with E-state index in [-0.39, 0.29) is 31.0 Å². The molecule has 0 aromatic rings. The van der Waals surface area contributed by atoms with E-state index in [4.69, 9.17) is 9.47 Å². The van der Waals surface area contributed by atoms with Crippen LogP contribution in [0.4, 0.5) is 0 Å². The van der Waals surface area contributed by atoms with Crippen molar-refractivity contribution < 1.29 is 19.1 Å². The largest absolute Gasteiger partial charge is 0.465 e. The molecule has 20 heavy (non-hydrogen) atoms. The lowest BCUT2D eigenvalue weighted by atomic mass is 9.77. The summed E-state index contributed by atoms with van der Waals surface area (Å²) in [5.74, 6) is -1.34. The molecule has 1 rings (SSSR count). The normalized spacial score (nSPS) is 25.6. The maximum atomic E-state index is 12.2. The third kappa shape index (κ3) is 3.62. The number of rotatable bonds is 6. The lowest BCUT2D eigenvalue weighted by Crippen LogP contribution is -2.38. The van der Waals surface area contributed by atoms with Gasteiger partial charge in [-0.05, 0) is 51.4 Å². The van der Waals surface area contributed by atoms with Gasteiger partial charge in [-0.1, -0.05) is 19.1 Å². The zero-order valence-electron chi connectivity index (χ0n) is 13.0. The average Bonchev–Trinajstić information content (AvgIpc) is 2.73. The third-order valence-electron chi connectivity index (χ3n) is 4.15. The summed E-state index contributed by atoms with van der Waals surface area (Å²) in [6, 6.07) is 0. The zero-order chi connectivity index (χ0) is 15.3. The van der Waals surface area contributed by atoms with Crippen LogP contribution in [0, 0.1) is 23.7 Å². The van der Waals surface area contributed by atoms with Crippen LogP contribution in [0.15, 0.2) is 12.2 Å². The predicted molar refractivity (Wildman–Crippen MR) is 76.9 cm³/mol. The Morgan fingerprint density at radius 1 is 1.15 bits per heavy atom. The standard InChI is InChI=1S/C16H26O4/c1-6-19-15(17)14(16(18)20-7-2)13-11(5)8-9-12(13)10(3)4/h11-14H,3,6-9H2,1-2,4-5H3/t11-,12-,13+/m0/s1. The van der Waals surface area contributed by atoms with Gasteiger partial charge in [-0.25, -0.2) is 0 Å². The van der Waals surface area contributed by atoms with Crippen molar-refractivity contribution in [3.05, 3.63) is 12.2 Å². The van der Waals surface area contributed by atoms with Crippen LogP contribution >= 0.6 is 0 Å². The van der Waals surface area contributed by atoms with Crippen molar-refractivity contribution in [1.29, 1.82) is 0 Å². The maximum Gasteiger partial charge on any atom is 0.320 e. The molecule has 0 bridgehead atoms. The molecule has 0 unspecified atom stereocenters. The van der Waals surface area contributed by atoms with E-state index >= 15 is 0 Å². The number of allylic oxidation sites excluding steroid dienone is 1. The molecular formula is C16H26O4. The molecule has 0 aromatic heterocycles. The van der Waals surface area contributed by atoms with Gasteiger partial charge in [-0.2, -0.15) is 0 Å². The molecular weight excluding hydrogens is 256 g/mol. The van der Waals surface area contributed by atoms with Gasteiger partial charge in [0.2, 0.25) is 0 Å². The number of ether oxygens (including phenoxy) is 2. The Bertz CT molecular complexity index is 357. The van der Waals surface area contributed by atoms with Crippen molar-refractivity contribution in [3.63, 3.8) is 0 Å². The van der Waals surface area contributed by atoms with Crippen LogP contribution in [0.3, 0.4) is 0 Å². The topological polar surface area (TPSA) is 52.6 Å². The zero-order valence-corrected chi connectivity index (χ0v) is 13.0. The van der Waals surface area contributed by atoms with Crippen LogP contribution in [0.1, 0.15) is 40.5 Å². The van der Waals surface area contributed by atoms with Crippen LogP contribution in [-0.2, 0) is 19.1 Å². The van der Waals surface area contributed by atoms with E-state index < -0.39 is 17.9 Å². The fourth-order valence-electron chi connectivity index (χ4n) is 3.23. The van der Waals surface area contributed by atoms with Crippen molar-refractivity contribution in [2.75, 3.05) is 13.2 Å². The Morgan fingerprint density at radius 2 is 1.65 bits per heavy atom. The molecule has 1 aliphatic carbocycles. The highest BCUT2D eigenvalue weighted by Gasteiger charge is 2.47. The first-order valence-electron chi connectivity index (χ1n) is 7.42. The minimum absolute atomic E-state index is 0.0643. The summed E-state index contributed by atoms with van der Waals surface area (Å²) in [6.45, 7) is 12.1. The van der Waals surface area contributed by atoms with Crippen LogP contribution in [0.25, 0.3) is 0 Å². The van der Waals surface area contributed by atoms with Crippen molar-refractivity contribution in [3.8, 4) is 0 Å². The quantitative estimate of drug-likeness (QED) is 0.427. The number of esters is 2. The van der Waals surface area contributed by atoms with E-state index in [1.165, 1.54) is 0 Å². The first-order chi connectivity index (χ1) is 9.43. The molecule has 4 nitrogen and oxygen atoms in total. The summed E-state index contributed by atoms with van der Waals surface area (Å²) >= 11 is 0. The Morgan fingerprint density at radius 3 is 2.05 bits per heavy atom. The second-order valence-corrected chi connectivity index (χ2v) is 5.57. The minimum atomic E-state index is -0.825. The molecule has 1 fully saturated rings. The van der Waals surface area contributed by atoms with Crippen LogP contribution in [-0.4, -0.2) is 25.2 Å². The molecule has 0 aliphatic heterocycles. The van der Waals surface area contributed by atoms with Crippen LogP contribution in [0.5, 0.6) is 0 Å². The van der Waals surface area contributed by atoms with Gasteiger partial charge >= 0.3 is 11.9 Å². The van der Waals surface area contributed by atoms with Gasteiger partial charge in [0.05, 0.1) is 13.2 Å². The van der Waals surface area contributed by atoms with E-state index in [2.05, 4.69) is 13.5 Å². The second kappa shape index (κ2) is 7.46. The lowest BCUT2D eigenvalue weighted by Gasteiger charge is -2.29. The van der Waals surface area contributed by atoms with Gasteiger partial charge in [0.1, 0.15) is 0 Å². The Hall–Kier alpha value is -1.32. The second-order valence-electron chi connectivity index (χ2n) is 5.57. The number of hydrogen-bond donors (Lipinski definition) is 0. The molecule has 1 aliphatic rings. The molecule has 0 amide bonds.